The van der Waals surface area contributed by atoms with Crippen LogP contribution in [0.5, 0.6) is 0 Å². The molecule has 5 heteroatoms. The molecule has 0 radical (unpaired) electrons. The van der Waals surface area contributed by atoms with Crippen LogP contribution in [0.15, 0.2) is 195 Å². The van der Waals surface area contributed by atoms with E-state index in [2.05, 4.69) is 126 Å². The molecule has 0 bridgehead atoms. The maximum Gasteiger partial charge on any atom is 0.227 e. The number of para-hydroxylation sites is 2. The van der Waals surface area contributed by atoms with Crippen LogP contribution in [0.4, 0.5) is 17.1 Å². The number of hydrogen-bond donors (Lipinski definition) is 0. The van der Waals surface area contributed by atoms with E-state index >= 15 is 0 Å². The first kappa shape index (κ1) is 30.3. The molecule has 54 heavy (non-hydrogen) atoms. The SMILES string of the molecule is c1ccc(-c2ccc(N(c3ccc(-c4ccc5oc6cc7oc(-c8ccccc8)nc7cc6c5c4)cc3)c3cccc4c3oc3ccccc34)cc2)cc1. The van der Waals surface area contributed by atoms with Gasteiger partial charge in [0, 0.05) is 44.5 Å². The van der Waals surface area contributed by atoms with E-state index in [1.165, 1.54) is 11.1 Å². The van der Waals surface area contributed by atoms with Crippen molar-refractivity contribution < 1.29 is 13.3 Å². The van der Waals surface area contributed by atoms with Crippen molar-refractivity contribution in [1.29, 1.82) is 0 Å². The summed E-state index contributed by atoms with van der Waals surface area (Å²) in [5.41, 5.74) is 13.4. The Balaban J connectivity index is 0.999. The minimum absolute atomic E-state index is 0.598. The Bertz CT molecular complexity index is 3140. The van der Waals surface area contributed by atoms with Gasteiger partial charge >= 0.3 is 0 Å². The number of oxazole rings is 1. The average molecular weight is 695 g/mol. The molecule has 11 rings (SSSR count). The zero-order chi connectivity index (χ0) is 35.6. The summed E-state index contributed by atoms with van der Waals surface area (Å²) in [4.78, 5) is 7.09. The molecule has 3 aromatic heterocycles. The van der Waals surface area contributed by atoms with Crippen molar-refractivity contribution in [1.82, 2.24) is 4.98 Å². The van der Waals surface area contributed by atoms with Gasteiger partial charge in [-0.2, -0.15) is 0 Å². The predicted octanol–water partition coefficient (Wildman–Crippen LogP) is 14.1. The molecule has 0 amide bonds. The number of nitrogens with zero attached hydrogens (tertiary/aromatic N) is 2. The van der Waals surface area contributed by atoms with Crippen LogP contribution in [0, 0.1) is 0 Å². The normalized spacial score (nSPS) is 11.7. The molecule has 0 saturated carbocycles. The standard InChI is InChI=1S/C49H30N2O3/c1-3-10-31(11-4-1)32-18-23-36(24-19-32)51(43-16-9-15-39-38-14-7-8-17-44(38)53-48(39)43)37-25-20-33(21-26-37)35-22-27-45-40(28-35)41-29-42-47(30-46(41)52-45)54-49(50-42)34-12-5-2-6-13-34/h1-30H. The van der Waals surface area contributed by atoms with Crippen molar-refractivity contribution in [2.24, 2.45) is 0 Å². The third-order valence-corrected chi connectivity index (χ3v) is 10.3. The second kappa shape index (κ2) is 12.1. The van der Waals surface area contributed by atoms with E-state index < -0.39 is 0 Å². The highest BCUT2D eigenvalue weighted by atomic mass is 16.4. The van der Waals surface area contributed by atoms with E-state index in [1.807, 2.05) is 60.7 Å². The van der Waals surface area contributed by atoms with Crippen molar-refractivity contribution in [3.8, 4) is 33.7 Å². The molecule has 0 fully saturated rings. The molecule has 0 unspecified atom stereocenters. The summed E-state index contributed by atoms with van der Waals surface area (Å²) in [6.07, 6.45) is 0. The molecule has 8 aromatic carbocycles. The van der Waals surface area contributed by atoms with Crippen LogP contribution in [0.2, 0.25) is 0 Å². The number of aromatic nitrogens is 1. The highest BCUT2D eigenvalue weighted by Gasteiger charge is 2.20. The van der Waals surface area contributed by atoms with Crippen molar-refractivity contribution in [3.63, 3.8) is 0 Å². The van der Waals surface area contributed by atoms with Crippen LogP contribution < -0.4 is 4.90 Å². The number of anilines is 3. The highest BCUT2D eigenvalue weighted by molar-refractivity contribution is 6.11. The highest BCUT2D eigenvalue weighted by Crippen LogP contribution is 2.43. The summed E-state index contributed by atoms with van der Waals surface area (Å²) in [6, 6.07) is 62.9. The molecule has 0 spiro atoms. The Labute approximate surface area is 309 Å². The Morgan fingerprint density at radius 2 is 0.944 bits per heavy atom. The summed E-state index contributed by atoms with van der Waals surface area (Å²) in [5.74, 6) is 0.598. The van der Waals surface area contributed by atoms with E-state index in [-0.39, 0.29) is 0 Å². The summed E-state index contributed by atoms with van der Waals surface area (Å²) in [6.45, 7) is 0. The van der Waals surface area contributed by atoms with Crippen molar-refractivity contribution in [3.05, 3.63) is 182 Å². The van der Waals surface area contributed by atoms with Gasteiger partial charge in [0.05, 0.1) is 5.69 Å². The number of hydrogen-bond acceptors (Lipinski definition) is 5. The number of furan rings is 2. The largest absolute Gasteiger partial charge is 0.456 e. The first-order chi connectivity index (χ1) is 26.7. The second-order valence-electron chi connectivity index (χ2n) is 13.6. The molecular formula is C49H30N2O3. The first-order valence-corrected chi connectivity index (χ1v) is 18.0. The van der Waals surface area contributed by atoms with Crippen molar-refractivity contribution in [2.45, 2.75) is 0 Å². The van der Waals surface area contributed by atoms with E-state index in [9.17, 15) is 0 Å². The van der Waals surface area contributed by atoms with Gasteiger partial charge in [-0.25, -0.2) is 4.98 Å². The Hall–Kier alpha value is -7.37. The fourth-order valence-electron chi connectivity index (χ4n) is 7.65. The van der Waals surface area contributed by atoms with Crippen LogP contribution >= 0.6 is 0 Å². The van der Waals surface area contributed by atoms with Gasteiger partial charge in [-0.3, -0.25) is 0 Å². The smallest absolute Gasteiger partial charge is 0.227 e. The van der Waals surface area contributed by atoms with E-state index in [0.717, 1.165) is 83.1 Å². The zero-order valence-corrected chi connectivity index (χ0v) is 28.9. The molecule has 5 nitrogen and oxygen atoms in total. The summed E-state index contributed by atoms with van der Waals surface area (Å²) in [5, 5.41) is 4.24. The molecule has 0 aliphatic heterocycles. The molecule has 3 heterocycles. The van der Waals surface area contributed by atoms with Crippen LogP contribution in [-0.4, -0.2) is 4.98 Å². The van der Waals surface area contributed by atoms with Crippen molar-refractivity contribution in [2.75, 3.05) is 4.90 Å². The fourth-order valence-corrected chi connectivity index (χ4v) is 7.65. The molecule has 0 aliphatic rings. The van der Waals surface area contributed by atoms with E-state index in [4.69, 9.17) is 18.2 Å². The van der Waals surface area contributed by atoms with E-state index in [1.54, 1.807) is 0 Å². The lowest BCUT2D eigenvalue weighted by atomic mass is 10.0. The minimum Gasteiger partial charge on any atom is -0.456 e. The topological polar surface area (TPSA) is 55.6 Å². The quantitative estimate of drug-likeness (QED) is 0.173. The second-order valence-corrected chi connectivity index (χ2v) is 13.6. The molecule has 0 saturated heterocycles. The van der Waals surface area contributed by atoms with Gasteiger partial charge in [0.25, 0.3) is 0 Å². The van der Waals surface area contributed by atoms with E-state index in [0.29, 0.717) is 11.5 Å². The summed E-state index contributed by atoms with van der Waals surface area (Å²) in [7, 11) is 0. The van der Waals surface area contributed by atoms with Gasteiger partial charge < -0.3 is 18.2 Å². The minimum atomic E-state index is 0.598. The molecule has 0 atom stereocenters. The van der Waals surface area contributed by atoms with Crippen LogP contribution in [-0.2, 0) is 0 Å². The monoisotopic (exact) mass is 694 g/mol. The van der Waals surface area contributed by atoms with Crippen LogP contribution in [0.3, 0.4) is 0 Å². The first-order valence-electron chi connectivity index (χ1n) is 18.0. The third-order valence-electron chi connectivity index (χ3n) is 10.3. The third kappa shape index (κ3) is 4.98. The molecular weight excluding hydrogens is 665 g/mol. The average Bonchev–Trinajstić information content (AvgIpc) is 3.94. The molecule has 0 aliphatic carbocycles. The van der Waals surface area contributed by atoms with Gasteiger partial charge in [0.15, 0.2) is 11.2 Å². The lowest BCUT2D eigenvalue weighted by molar-refractivity contribution is 0.617. The summed E-state index contributed by atoms with van der Waals surface area (Å²) >= 11 is 0. The molecule has 254 valence electrons. The van der Waals surface area contributed by atoms with Gasteiger partial charge in [-0.15, -0.1) is 0 Å². The number of rotatable bonds is 6. The van der Waals surface area contributed by atoms with Gasteiger partial charge in [-0.05, 0) is 89.0 Å². The number of benzene rings is 8. The lowest BCUT2D eigenvalue weighted by Crippen LogP contribution is -2.10. The van der Waals surface area contributed by atoms with Gasteiger partial charge in [0.1, 0.15) is 22.3 Å². The van der Waals surface area contributed by atoms with Gasteiger partial charge in [-0.1, -0.05) is 109 Å². The molecule has 0 N–H and O–H groups in total. The maximum atomic E-state index is 6.55. The Kier molecular flexibility index (Phi) is 6.79. The lowest BCUT2D eigenvalue weighted by Gasteiger charge is -2.26. The molecule has 11 aromatic rings. The fraction of sp³-hybridized carbons (Fsp3) is 0. The Morgan fingerprint density at radius 1 is 0.352 bits per heavy atom. The Morgan fingerprint density at radius 3 is 1.70 bits per heavy atom. The maximum absolute atomic E-state index is 6.55. The number of fused-ring (bicyclic) bond motifs is 7. The van der Waals surface area contributed by atoms with Crippen LogP contribution in [0.25, 0.3) is 88.7 Å². The van der Waals surface area contributed by atoms with Crippen LogP contribution in [0.1, 0.15) is 0 Å². The van der Waals surface area contributed by atoms with Crippen molar-refractivity contribution >= 4 is 72.0 Å². The zero-order valence-electron chi connectivity index (χ0n) is 28.9. The predicted molar refractivity (Wildman–Crippen MR) is 220 cm³/mol. The van der Waals surface area contributed by atoms with Gasteiger partial charge in [0.2, 0.25) is 5.89 Å². The summed E-state index contributed by atoms with van der Waals surface area (Å²) < 4.78 is 19.0.